The zero-order valence-corrected chi connectivity index (χ0v) is 6.61. The molecule has 0 aromatic carbocycles. The minimum Gasteiger partial charge on any atom is -0.772 e. The standard InChI is InChI=1S/C5H12N2O2S/c1-4(6)2-5(7)3-10(8)9/h4,7H,2-3,6H2,1H3,(H,8,9)/p-1/t4-/m1/s1. The van der Waals surface area contributed by atoms with Crippen LogP contribution in [0.4, 0.5) is 0 Å². The average Bonchev–Trinajstić information content (AvgIpc) is 1.58. The van der Waals surface area contributed by atoms with Gasteiger partial charge >= 0.3 is 0 Å². The van der Waals surface area contributed by atoms with Crippen LogP contribution in [-0.4, -0.2) is 26.3 Å². The summed E-state index contributed by atoms with van der Waals surface area (Å²) < 4.78 is 20.0. The molecule has 1 unspecified atom stereocenters. The van der Waals surface area contributed by atoms with Crippen LogP contribution in [0, 0.1) is 5.41 Å². The minimum absolute atomic E-state index is 0.129. The van der Waals surface area contributed by atoms with Crippen LogP contribution < -0.4 is 5.73 Å². The van der Waals surface area contributed by atoms with Gasteiger partial charge < -0.3 is 15.7 Å². The molecular formula is C5H11N2O2S-. The lowest BCUT2D eigenvalue weighted by Gasteiger charge is -2.08. The number of hydrogen-bond acceptors (Lipinski definition) is 4. The van der Waals surface area contributed by atoms with Crippen molar-refractivity contribution in [3.63, 3.8) is 0 Å². The average molecular weight is 163 g/mol. The van der Waals surface area contributed by atoms with E-state index in [0.29, 0.717) is 6.42 Å². The normalized spacial score (nSPS) is 16.3. The van der Waals surface area contributed by atoms with Gasteiger partial charge in [0, 0.05) is 23.9 Å². The van der Waals surface area contributed by atoms with Crippen molar-refractivity contribution in [2.45, 2.75) is 19.4 Å². The molecule has 60 valence electrons. The Morgan fingerprint density at radius 2 is 2.40 bits per heavy atom. The number of nitrogens with one attached hydrogen (secondary N) is 1. The summed E-state index contributed by atoms with van der Waals surface area (Å²) in [4.78, 5) is 0. The third-order valence-electron chi connectivity index (χ3n) is 0.860. The van der Waals surface area contributed by atoms with Crippen LogP contribution in [0.25, 0.3) is 0 Å². The Labute approximate surface area is 62.6 Å². The molecule has 5 heteroatoms. The van der Waals surface area contributed by atoms with Crippen LogP contribution in [0.3, 0.4) is 0 Å². The fourth-order valence-electron chi connectivity index (χ4n) is 0.590. The second-order valence-corrected chi connectivity index (χ2v) is 3.13. The predicted octanol–water partition coefficient (Wildman–Crippen LogP) is -0.377. The molecule has 0 rings (SSSR count). The molecule has 0 heterocycles. The fraction of sp³-hybridized carbons (Fsp3) is 0.800. The second-order valence-electron chi connectivity index (χ2n) is 2.23. The highest BCUT2D eigenvalue weighted by Gasteiger charge is 1.99. The van der Waals surface area contributed by atoms with Crippen molar-refractivity contribution in [2.75, 3.05) is 5.75 Å². The molecular weight excluding hydrogens is 152 g/mol. The summed E-state index contributed by atoms with van der Waals surface area (Å²) in [5, 5.41) is 7.08. The molecule has 0 aromatic rings. The molecule has 2 atom stereocenters. The van der Waals surface area contributed by atoms with Gasteiger partial charge in [-0.25, -0.2) is 0 Å². The monoisotopic (exact) mass is 163 g/mol. The van der Waals surface area contributed by atoms with Gasteiger partial charge in [0.15, 0.2) is 0 Å². The third-order valence-corrected chi connectivity index (χ3v) is 1.44. The number of hydrogen-bond donors (Lipinski definition) is 2. The molecule has 0 saturated heterocycles. The largest absolute Gasteiger partial charge is 0.772 e. The Morgan fingerprint density at radius 1 is 1.90 bits per heavy atom. The first-order valence-corrected chi connectivity index (χ1v) is 4.14. The van der Waals surface area contributed by atoms with E-state index in [9.17, 15) is 8.76 Å². The van der Waals surface area contributed by atoms with Crippen molar-refractivity contribution >= 4 is 16.8 Å². The number of nitrogens with two attached hydrogens (primary N) is 1. The van der Waals surface area contributed by atoms with Gasteiger partial charge in [-0.05, 0) is 18.0 Å². The van der Waals surface area contributed by atoms with Gasteiger partial charge in [0.1, 0.15) is 0 Å². The molecule has 4 nitrogen and oxygen atoms in total. The lowest BCUT2D eigenvalue weighted by atomic mass is 10.2. The van der Waals surface area contributed by atoms with E-state index in [1.54, 1.807) is 6.92 Å². The highest BCUT2D eigenvalue weighted by molar-refractivity contribution is 7.79. The molecule has 10 heavy (non-hydrogen) atoms. The molecule has 0 bridgehead atoms. The summed E-state index contributed by atoms with van der Waals surface area (Å²) in [5.41, 5.74) is 5.50. The van der Waals surface area contributed by atoms with Crippen LogP contribution in [0.15, 0.2) is 0 Å². The maximum Gasteiger partial charge on any atom is 0.0480 e. The van der Waals surface area contributed by atoms with Gasteiger partial charge in [-0.15, -0.1) is 0 Å². The van der Waals surface area contributed by atoms with Crippen LogP contribution in [0.2, 0.25) is 0 Å². The van der Waals surface area contributed by atoms with E-state index >= 15 is 0 Å². The van der Waals surface area contributed by atoms with E-state index in [1.165, 1.54) is 0 Å². The van der Waals surface area contributed by atoms with E-state index in [4.69, 9.17) is 11.1 Å². The molecule has 0 fully saturated rings. The van der Waals surface area contributed by atoms with Crippen molar-refractivity contribution in [1.29, 1.82) is 5.41 Å². The van der Waals surface area contributed by atoms with Crippen LogP contribution in [-0.2, 0) is 11.1 Å². The van der Waals surface area contributed by atoms with E-state index in [1.807, 2.05) is 0 Å². The Hall–Kier alpha value is -0.260. The van der Waals surface area contributed by atoms with Crippen LogP contribution in [0.5, 0.6) is 0 Å². The zero-order valence-electron chi connectivity index (χ0n) is 5.79. The first-order valence-electron chi connectivity index (χ1n) is 2.90. The molecule has 0 saturated carbocycles. The van der Waals surface area contributed by atoms with Gasteiger partial charge in [-0.2, -0.15) is 0 Å². The predicted molar refractivity (Wildman–Crippen MR) is 39.8 cm³/mol. The molecule has 0 aliphatic carbocycles. The topological polar surface area (TPSA) is 90.0 Å². The lowest BCUT2D eigenvalue weighted by Crippen LogP contribution is -2.22. The van der Waals surface area contributed by atoms with Gasteiger partial charge in [0.2, 0.25) is 0 Å². The van der Waals surface area contributed by atoms with Gasteiger partial charge in [0.05, 0.1) is 0 Å². The number of rotatable bonds is 4. The third kappa shape index (κ3) is 5.87. The maximum absolute atomic E-state index is 10.0. The first kappa shape index (κ1) is 9.74. The molecule has 3 N–H and O–H groups in total. The smallest absolute Gasteiger partial charge is 0.0480 e. The van der Waals surface area contributed by atoms with Crippen LogP contribution >= 0.6 is 0 Å². The summed E-state index contributed by atoms with van der Waals surface area (Å²) in [6.45, 7) is 1.74. The quantitative estimate of drug-likeness (QED) is 0.437. The maximum atomic E-state index is 10.0. The summed E-state index contributed by atoms with van der Waals surface area (Å²) in [6, 6.07) is -0.129. The molecule has 0 aromatic heterocycles. The summed E-state index contributed by atoms with van der Waals surface area (Å²) in [6.07, 6.45) is 0.355. The van der Waals surface area contributed by atoms with Crippen molar-refractivity contribution in [1.82, 2.24) is 0 Å². The molecule has 0 aliphatic heterocycles. The summed E-state index contributed by atoms with van der Waals surface area (Å²) in [5.74, 6) is -0.193. The summed E-state index contributed by atoms with van der Waals surface area (Å²) >= 11 is -2.14. The van der Waals surface area contributed by atoms with E-state index in [0.717, 1.165) is 0 Å². The van der Waals surface area contributed by atoms with Crippen LogP contribution in [0.1, 0.15) is 13.3 Å². The van der Waals surface area contributed by atoms with Crippen molar-refractivity contribution in [3.05, 3.63) is 0 Å². The van der Waals surface area contributed by atoms with Gasteiger partial charge in [-0.3, -0.25) is 4.21 Å². The van der Waals surface area contributed by atoms with Crippen molar-refractivity contribution in [2.24, 2.45) is 5.73 Å². The molecule has 0 spiro atoms. The van der Waals surface area contributed by atoms with Crippen molar-refractivity contribution < 1.29 is 8.76 Å². The SMILES string of the molecule is C[C@@H](N)CC(=N)CS(=O)[O-]. The van der Waals surface area contributed by atoms with Gasteiger partial charge in [-0.1, -0.05) is 0 Å². The zero-order chi connectivity index (χ0) is 8.15. The Kier molecular flexibility index (Phi) is 4.42. The molecule has 0 radical (unpaired) electrons. The summed E-state index contributed by atoms with van der Waals surface area (Å²) in [7, 11) is 0. The lowest BCUT2D eigenvalue weighted by molar-refractivity contribution is 0.540. The Morgan fingerprint density at radius 3 is 2.70 bits per heavy atom. The van der Waals surface area contributed by atoms with Gasteiger partial charge in [0.25, 0.3) is 0 Å². The second kappa shape index (κ2) is 4.54. The van der Waals surface area contributed by atoms with E-state index < -0.39 is 11.1 Å². The van der Waals surface area contributed by atoms with Crippen molar-refractivity contribution in [3.8, 4) is 0 Å². The minimum atomic E-state index is -2.14. The molecule has 0 amide bonds. The van der Waals surface area contributed by atoms with E-state index in [-0.39, 0.29) is 17.5 Å². The Bertz CT molecular complexity index is 147. The van der Waals surface area contributed by atoms with E-state index in [2.05, 4.69) is 0 Å². The highest BCUT2D eigenvalue weighted by Crippen LogP contribution is 1.90. The Balaban J connectivity index is 3.54. The highest BCUT2D eigenvalue weighted by atomic mass is 32.2. The molecule has 0 aliphatic rings. The fourth-order valence-corrected chi connectivity index (χ4v) is 0.992. The first-order chi connectivity index (χ1) is 4.52.